The lowest BCUT2D eigenvalue weighted by atomic mass is 9.80. The number of nitrogens with two attached hydrogens (primary N) is 1. The van der Waals surface area contributed by atoms with Crippen molar-refractivity contribution in [2.45, 2.75) is 70.0 Å². The van der Waals surface area contributed by atoms with Gasteiger partial charge in [0, 0.05) is 37.8 Å². The summed E-state index contributed by atoms with van der Waals surface area (Å²) in [6.45, 7) is 7.51. The first-order valence-electron chi connectivity index (χ1n) is 8.51. The standard InChI is InChI=1S/C16H31N3/c1-2-13-6-7-15(17)16(11-13)19-10-9-18-8-4-3-5-14(18)12-19/h13-16H,2-12,17H2,1H3. The SMILES string of the molecule is CCC1CCC(N)C(N2CCN3CCCCC3C2)C1. The van der Waals surface area contributed by atoms with Crippen LogP contribution in [0, 0.1) is 5.92 Å². The first-order chi connectivity index (χ1) is 9.28. The predicted octanol–water partition coefficient (Wildman–Crippen LogP) is 2.06. The monoisotopic (exact) mass is 265 g/mol. The molecule has 3 aliphatic rings. The highest BCUT2D eigenvalue weighted by atomic mass is 15.3. The number of nitrogens with zero attached hydrogens (tertiary/aromatic N) is 2. The molecule has 2 saturated heterocycles. The zero-order valence-electron chi connectivity index (χ0n) is 12.6. The summed E-state index contributed by atoms with van der Waals surface area (Å²) in [6.07, 6.45) is 9.55. The van der Waals surface area contributed by atoms with Crippen molar-refractivity contribution >= 4 is 0 Å². The first-order valence-corrected chi connectivity index (χ1v) is 8.51. The summed E-state index contributed by atoms with van der Waals surface area (Å²) in [7, 11) is 0. The molecule has 3 heteroatoms. The molecule has 0 spiro atoms. The van der Waals surface area contributed by atoms with Crippen molar-refractivity contribution in [2.75, 3.05) is 26.2 Å². The largest absolute Gasteiger partial charge is 0.326 e. The molecule has 2 aliphatic heterocycles. The Balaban J connectivity index is 1.61. The lowest BCUT2D eigenvalue weighted by molar-refractivity contribution is 0.00614. The van der Waals surface area contributed by atoms with Crippen LogP contribution in [0.5, 0.6) is 0 Å². The van der Waals surface area contributed by atoms with Crippen molar-refractivity contribution < 1.29 is 0 Å². The Hall–Kier alpha value is -0.120. The Labute approximate surface area is 118 Å². The zero-order valence-corrected chi connectivity index (χ0v) is 12.6. The Morgan fingerprint density at radius 1 is 1.00 bits per heavy atom. The summed E-state index contributed by atoms with van der Waals surface area (Å²) < 4.78 is 0. The fraction of sp³-hybridized carbons (Fsp3) is 1.00. The van der Waals surface area contributed by atoms with E-state index in [1.165, 1.54) is 71.1 Å². The average Bonchev–Trinajstić information content (AvgIpc) is 2.47. The maximum atomic E-state index is 6.44. The van der Waals surface area contributed by atoms with Crippen molar-refractivity contribution in [1.82, 2.24) is 9.80 Å². The van der Waals surface area contributed by atoms with Crippen LogP contribution in [-0.4, -0.2) is 54.1 Å². The first kappa shape index (κ1) is 13.8. The molecule has 4 atom stereocenters. The molecule has 4 unspecified atom stereocenters. The number of hydrogen-bond acceptors (Lipinski definition) is 3. The number of rotatable bonds is 2. The van der Waals surface area contributed by atoms with Gasteiger partial charge < -0.3 is 5.73 Å². The fourth-order valence-corrected chi connectivity index (χ4v) is 4.53. The minimum absolute atomic E-state index is 0.429. The molecule has 0 aromatic rings. The molecule has 3 nitrogen and oxygen atoms in total. The van der Waals surface area contributed by atoms with Gasteiger partial charge in [-0.25, -0.2) is 0 Å². The quantitative estimate of drug-likeness (QED) is 0.829. The smallest absolute Gasteiger partial charge is 0.0251 e. The molecule has 0 amide bonds. The Morgan fingerprint density at radius 2 is 1.84 bits per heavy atom. The van der Waals surface area contributed by atoms with E-state index in [0.717, 1.165) is 12.0 Å². The molecule has 1 aliphatic carbocycles. The maximum absolute atomic E-state index is 6.44. The Bertz CT molecular complexity index is 294. The molecule has 3 fully saturated rings. The van der Waals surface area contributed by atoms with Crippen molar-refractivity contribution in [3.63, 3.8) is 0 Å². The van der Waals surface area contributed by atoms with Gasteiger partial charge in [-0.1, -0.05) is 19.8 Å². The van der Waals surface area contributed by atoms with Gasteiger partial charge >= 0.3 is 0 Å². The van der Waals surface area contributed by atoms with E-state index in [0.29, 0.717) is 12.1 Å². The topological polar surface area (TPSA) is 32.5 Å². The fourth-order valence-electron chi connectivity index (χ4n) is 4.53. The number of piperazine rings is 1. The molecule has 1 saturated carbocycles. The predicted molar refractivity (Wildman–Crippen MR) is 80.2 cm³/mol. The van der Waals surface area contributed by atoms with Gasteiger partial charge in [-0.15, -0.1) is 0 Å². The summed E-state index contributed by atoms with van der Waals surface area (Å²) in [4.78, 5) is 5.48. The van der Waals surface area contributed by atoms with E-state index >= 15 is 0 Å². The second kappa shape index (κ2) is 6.11. The normalized spacial score (nSPS) is 42.0. The van der Waals surface area contributed by atoms with Crippen molar-refractivity contribution in [2.24, 2.45) is 11.7 Å². The molecule has 3 rings (SSSR count). The van der Waals surface area contributed by atoms with Crippen molar-refractivity contribution in [3.8, 4) is 0 Å². The van der Waals surface area contributed by atoms with E-state index in [2.05, 4.69) is 16.7 Å². The summed E-state index contributed by atoms with van der Waals surface area (Å²) in [6, 6.07) is 1.93. The van der Waals surface area contributed by atoms with Crippen LogP contribution >= 0.6 is 0 Å². The number of hydrogen-bond donors (Lipinski definition) is 1. The third-order valence-corrected chi connectivity index (χ3v) is 5.89. The van der Waals surface area contributed by atoms with Gasteiger partial charge in [0.1, 0.15) is 0 Å². The van der Waals surface area contributed by atoms with Crippen LogP contribution < -0.4 is 5.73 Å². The Morgan fingerprint density at radius 3 is 2.68 bits per heavy atom. The molecular formula is C16H31N3. The van der Waals surface area contributed by atoms with Crippen LogP contribution in [-0.2, 0) is 0 Å². The van der Waals surface area contributed by atoms with Gasteiger partial charge in [-0.2, -0.15) is 0 Å². The van der Waals surface area contributed by atoms with Crippen LogP contribution in [0.15, 0.2) is 0 Å². The summed E-state index contributed by atoms with van der Waals surface area (Å²) in [5, 5.41) is 0. The molecule has 2 heterocycles. The van der Waals surface area contributed by atoms with Crippen LogP contribution in [0.1, 0.15) is 51.9 Å². The molecule has 19 heavy (non-hydrogen) atoms. The average molecular weight is 265 g/mol. The highest BCUT2D eigenvalue weighted by Gasteiger charge is 2.36. The third kappa shape index (κ3) is 2.98. The lowest BCUT2D eigenvalue weighted by Gasteiger charge is -2.49. The highest BCUT2D eigenvalue weighted by Crippen LogP contribution is 2.31. The van der Waals surface area contributed by atoms with Gasteiger partial charge in [-0.3, -0.25) is 9.80 Å². The van der Waals surface area contributed by atoms with E-state index in [1.54, 1.807) is 0 Å². The molecule has 0 aromatic carbocycles. The minimum Gasteiger partial charge on any atom is -0.326 e. The van der Waals surface area contributed by atoms with E-state index in [1.807, 2.05) is 0 Å². The molecular weight excluding hydrogens is 234 g/mol. The van der Waals surface area contributed by atoms with Crippen molar-refractivity contribution in [1.29, 1.82) is 0 Å². The van der Waals surface area contributed by atoms with E-state index in [-0.39, 0.29) is 0 Å². The second-order valence-corrected chi connectivity index (χ2v) is 7.00. The van der Waals surface area contributed by atoms with Crippen molar-refractivity contribution in [3.05, 3.63) is 0 Å². The molecule has 0 bridgehead atoms. The van der Waals surface area contributed by atoms with Gasteiger partial charge in [0.25, 0.3) is 0 Å². The van der Waals surface area contributed by atoms with Gasteiger partial charge in [0.15, 0.2) is 0 Å². The van der Waals surface area contributed by atoms with Crippen LogP contribution in [0.25, 0.3) is 0 Å². The van der Waals surface area contributed by atoms with Crippen LogP contribution in [0.3, 0.4) is 0 Å². The second-order valence-electron chi connectivity index (χ2n) is 7.00. The maximum Gasteiger partial charge on any atom is 0.0251 e. The Kier molecular flexibility index (Phi) is 4.45. The molecule has 2 N–H and O–H groups in total. The molecule has 110 valence electrons. The van der Waals surface area contributed by atoms with Crippen LogP contribution in [0.2, 0.25) is 0 Å². The third-order valence-electron chi connectivity index (χ3n) is 5.89. The lowest BCUT2D eigenvalue weighted by Crippen LogP contribution is -2.61. The minimum atomic E-state index is 0.429. The zero-order chi connectivity index (χ0) is 13.2. The van der Waals surface area contributed by atoms with Gasteiger partial charge in [-0.05, 0) is 44.6 Å². The molecule has 0 radical (unpaired) electrons. The summed E-state index contributed by atoms with van der Waals surface area (Å²) >= 11 is 0. The molecule has 0 aromatic heterocycles. The summed E-state index contributed by atoms with van der Waals surface area (Å²) in [5.74, 6) is 0.925. The van der Waals surface area contributed by atoms with Crippen LogP contribution in [0.4, 0.5) is 0 Å². The van der Waals surface area contributed by atoms with E-state index in [9.17, 15) is 0 Å². The number of piperidine rings is 1. The van der Waals surface area contributed by atoms with Gasteiger partial charge in [0.05, 0.1) is 0 Å². The highest BCUT2D eigenvalue weighted by molar-refractivity contribution is 4.94. The van der Waals surface area contributed by atoms with Gasteiger partial charge in [0.2, 0.25) is 0 Å². The summed E-state index contributed by atoms with van der Waals surface area (Å²) in [5.41, 5.74) is 6.44. The number of fused-ring (bicyclic) bond motifs is 1. The van der Waals surface area contributed by atoms with E-state index < -0.39 is 0 Å². The van der Waals surface area contributed by atoms with E-state index in [4.69, 9.17) is 5.73 Å².